The lowest BCUT2D eigenvalue weighted by Crippen LogP contribution is -2.41. The summed E-state index contributed by atoms with van der Waals surface area (Å²) in [5.41, 5.74) is 6.42. The smallest absolute Gasteiger partial charge is 0.249 e. The maximum absolute atomic E-state index is 12.3. The molecule has 1 fully saturated rings. The summed E-state index contributed by atoms with van der Waals surface area (Å²) >= 11 is 5.84. The normalized spacial score (nSPS) is 18.8. The molecule has 122 valence electrons. The average Bonchev–Trinajstić information content (AvgIpc) is 2.79. The van der Waals surface area contributed by atoms with E-state index in [1.165, 1.54) is 0 Å². The number of anilines is 1. The molecule has 3 N–H and O–H groups in total. The van der Waals surface area contributed by atoms with Crippen molar-refractivity contribution >= 4 is 41.5 Å². The fraction of sp³-hybridized carbons (Fsp3) is 0.467. The van der Waals surface area contributed by atoms with Crippen LogP contribution in [0, 0.1) is 0 Å². The number of nitrogens with zero attached hydrogens (tertiary/aromatic N) is 1. The summed E-state index contributed by atoms with van der Waals surface area (Å²) in [5.74, 6) is -0.199. The van der Waals surface area contributed by atoms with Crippen molar-refractivity contribution in [1.82, 2.24) is 5.32 Å². The second-order valence-corrected chi connectivity index (χ2v) is 5.83. The van der Waals surface area contributed by atoms with Gasteiger partial charge in [-0.25, -0.2) is 0 Å². The highest BCUT2D eigenvalue weighted by atomic mass is 35.5. The molecule has 0 saturated carbocycles. The first-order valence-electron chi connectivity index (χ1n) is 7.09. The molecule has 22 heavy (non-hydrogen) atoms. The van der Waals surface area contributed by atoms with E-state index in [1.54, 1.807) is 29.2 Å². The van der Waals surface area contributed by atoms with Gasteiger partial charge in [0.05, 0.1) is 0 Å². The Bertz CT molecular complexity index is 520. The molecule has 2 unspecified atom stereocenters. The van der Waals surface area contributed by atoms with Gasteiger partial charge < -0.3 is 16.0 Å². The number of carbonyl (C=O) groups excluding carboxylic acids is 2. The molecule has 0 spiro atoms. The number of halogens is 2. The maximum Gasteiger partial charge on any atom is 0.249 e. The van der Waals surface area contributed by atoms with E-state index in [0.717, 1.165) is 5.69 Å². The minimum Gasteiger partial charge on any atom is -0.344 e. The van der Waals surface area contributed by atoms with Gasteiger partial charge in [-0.2, -0.15) is 0 Å². The Hall–Kier alpha value is -1.30. The summed E-state index contributed by atoms with van der Waals surface area (Å²) in [7, 11) is 0. The summed E-state index contributed by atoms with van der Waals surface area (Å²) in [5, 5.41) is 3.41. The second kappa shape index (κ2) is 8.36. The summed E-state index contributed by atoms with van der Waals surface area (Å²) < 4.78 is 0. The maximum atomic E-state index is 12.3. The predicted octanol–water partition coefficient (Wildman–Crippen LogP) is 2.11. The highest BCUT2D eigenvalue weighted by Gasteiger charge is 2.33. The molecule has 7 heteroatoms. The van der Waals surface area contributed by atoms with Gasteiger partial charge in [0.15, 0.2) is 0 Å². The van der Waals surface area contributed by atoms with Crippen LogP contribution in [0.15, 0.2) is 24.3 Å². The van der Waals surface area contributed by atoms with Crippen LogP contribution in [-0.2, 0) is 9.59 Å². The Kier molecular flexibility index (Phi) is 7.13. The standard InChI is InChI=1S/C15H20ClN3O2.ClH/c1-10(17)2-7-14(20)18-13-8-9-19(15(13)21)12-5-3-11(16)4-6-12;/h3-6,10,13H,2,7-9,17H2,1H3,(H,18,20);1H. The molecule has 2 amide bonds. The Morgan fingerprint density at radius 2 is 2.09 bits per heavy atom. The van der Waals surface area contributed by atoms with Crippen LogP contribution in [0.4, 0.5) is 5.69 Å². The minimum absolute atomic E-state index is 0. The highest BCUT2D eigenvalue weighted by Crippen LogP contribution is 2.23. The molecule has 5 nitrogen and oxygen atoms in total. The molecule has 1 saturated heterocycles. The van der Waals surface area contributed by atoms with Crippen LogP contribution in [0.2, 0.25) is 5.02 Å². The Morgan fingerprint density at radius 1 is 1.45 bits per heavy atom. The van der Waals surface area contributed by atoms with E-state index >= 15 is 0 Å². The Morgan fingerprint density at radius 3 is 2.68 bits per heavy atom. The van der Waals surface area contributed by atoms with Crippen molar-refractivity contribution in [2.75, 3.05) is 11.4 Å². The fourth-order valence-corrected chi connectivity index (χ4v) is 2.44. The topological polar surface area (TPSA) is 75.4 Å². The van der Waals surface area contributed by atoms with Crippen molar-refractivity contribution < 1.29 is 9.59 Å². The first kappa shape index (κ1) is 18.7. The van der Waals surface area contributed by atoms with Crippen molar-refractivity contribution in [3.8, 4) is 0 Å². The lowest BCUT2D eigenvalue weighted by atomic mass is 10.1. The van der Waals surface area contributed by atoms with Gasteiger partial charge in [-0.15, -0.1) is 12.4 Å². The van der Waals surface area contributed by atoms with Crippen LogP contribution in [0.1, 0.15) is 26.2 Å². The number of hydrogen-bond donors (Lipinski definition) is 2. The lowest BCUT2D eigenvalue weighted by Gasteiger charge is -2.17. The molecular formula is C15H21Cl2N3O2. The third-order valence-corrected chi connectivity index (χ3v) is 3.76. The van der Waals surface area contributed by atoms with Crippen LogP contribution < -0.4 is 16.0 Å². The zero-order valence-corrected chi connectivity index (χ0v) is 14.0. The molecule has 1 heterocycles. The van der Waals surface area contributed by atoms with Gasteiger partial charge in [0.25, 0.3) is 0 Å². The Balaban J connectivity index is 0.00000242. The van der Waals surface area contributed by atoms with E-state index in [0.29, 0.717) is 30.8 Å². The molecule has 1 aliphatic rings. The van der Waals surface area contributed by atoms with Gasteiger partial charge in [0.1, 0.15) is 6.04 Å². The van der Waals surface area contributed by atoms with E-state index in [1.807, 2.05) is 6.92 Å². The lowest BCUT2D eigenvalue weighted by molar-refractivity contribution is -0.126. The first-order chi connectivity index (χ1) is 9.97. The van der Waals surface area contributed by atoms with Gasteiger partial charge in [-0.1, -0.05) is 11.6 Å². The summed E-state index contributed by atoms with van der Waals surface area (Å²) in [6, 6.07) is 6.65. The number of nitrogens with one attached hydrogen (secondary N) is 1. The molecular weight excluding hydrogens is 325 g/mol. The molecule has 1 aliphatic heterocycles. The van der Waals surface area contributed by atoms with Crippen molar-refractivity contribution in [3.05, 3.63) is 29.3 Å². The number of amides is 2. The van der Waals surface area contributed by atoms with E-state index < -0.39 is 6.04 Å². The molecule has 0 aliphatic carbocycles. The summed E-state index contributed by atoms with van der Waals surface area (Å²) in [4.78, 5) is 25.8. The number of hydrogen-bond acceptors (Lipinski definition) is 3. The van der Waals surface area contributed by atoms with Gasteiger partial charge in [-0.3, -0.25) is 9.59 Å². The zero-order chi connectivity index (χ0) is 15.4. The van der Waals surface area contributed by atoms with Crippen molar-refractivity contribution in [1.29, 1.82) is 0 Å². The van der Waals surface area contributed by atoms with E-state index in [9.17, 15) is 9.59 Å². The molecule has 1 aromatic carbocycles. The molecule has 0 radical (unpaired) electrons. The number of carbonyl (C=O) groups is 2. The van der Waals surface area contributed by atoms with Gasteiger partial charge in [0.2, 0.25) is 11.8 Å². The quantitative estimate of drug-likeness (QED) is 0.857. The first-order valence-corrected chi connectivity index (χ1v) is 7.47. The van der Waals surface area contributed by atoms with E-state index in [4.69, 9.17) is 17.3 Å². The monoisotopic (exact) mass is 345 g/mol. The predicted molar refractivity (Wildman–Crippen MR) is 90.5 cm³/mol. The number of benzene rings is 1. The largest absolute Gasteiger partial charge is 0.344 e. The zero-order valence-electron chi connectivity index (χ0n) is 12.4. The van der Waals surface area contributed by atoms with E-state index in [-0.39, 0.29) is 30.3 Å². The summed E-state index contributed by atoms with van der Waals surface area (Å²) in [6.45, 7) is 2.45. The molecule has 1 aromatic rings. The van der Waals surface area contributed by atoms with Crippen LogP contribution >= 0.6 is 24.0 Å². The van der Waals surface area contributed by atoms with Gasteiger partial charge >= 0.3 is 0 Å². The highest BCUT2D eigenvalue weighted by molar-refractivity contribution is 6.30. The van der Waals surface area contributed by atoms with Crippen molar-refractivity contribution in [3.63, 3.8) is 0 Å². The second-order valence-electron chi connectivity index (χ2n) is 5.39. The third-order valence-electron chi connectivity index (χ3n) is 3.51. The third kappa shape index (κ3) is 4.87. The molecule has 2 atom stereocenters. The van der Waals surface area contributed by atoms with Gasteiger partial charge in [-0.05, 0) is 44.0 Å². The number of rotatable bonds is 5. The minimum atomic E-state index is -0.443. The van der Waals surface area contributed by atoms with Crippen LogP contribution in [0.3, 0.4) is 0 Å². The van der Waals surface area contributed by atoms with Crippen LogP contribution in [0.25, 0.3) is 0 Å². The number of nitrogens with two attached hydrogens (primary N) is 1. The molecule has 0 bridgehead atoms. The van der Waals surface area contributed by atoms with Crippen molar-refractivity contribution in [2.45, 2.75) is 38.3 Å². The van der Waals surface area contributed by atoms with Crippen LogP contribution in [-0.4, -0.2) is 30.4 Å². The molecule has 2 rings (SSSR count). The average molecular weight is 346 g/mol. The van der Waals surface area contributed by atoms with Crippen LogP contribution in [0.5, 0.6) is 0 Å². The van der Waals surface area contributed by atoms with E-state index in [2.05, 4.69) is 5.32 Å². The SMILES string of the molecule is CC(N)CCC(=O)NC1CCN(c2ccc(Cl)cc2)C1=O.Cl. The fourth-order valence-electron chi connectivity index (χ4n) is 2.32. The van der Waals surface area contributed by atoms with Gasteiger partial charge in [0, 0.05) is 29.7 Å². The molecule has 0 aromatic heterocycles. The summed E-state index contributed by atoms with van der Waals surface area (Å²) in [6.07, 6.45) is 1.58. The van der Waals surface area contributed by atoms with Crippen molar-refractivity contribution in [2.24, 2.45) is 5.73 Å². The Labute approximate surface area is 141 Å².